The highest BCUT2D eigenvalue weighted by atomic mass is 127. The molecule has 126 valence electrons. The van der Waals surface area contributed by atoms with Gasteiger partial charge in [-0.1, -0.05) is 12.1 Å². The summed E-state index contributed by atoms with van der Waals surface area (Å²) in [5, 5.41) is 8.77. The van der Waals surface area contributed by atoms with Crippen LogP contribution in [0.2, 0.25) is 0 Å². The van der Waals surface area contributed by atoms with Gasteiger partial charge in [-0.15, -0.1) is 35.3 Å². The van der Waals surface area contributed by atoms with Crippen LogP contribution in [0.1, 0.15) is 23.1 Å². The Morgan fingerprint density at radius 1 is 1.22 bits per heavy atom. The Labute approximate surface area is 159 Å². The molecule has 0 aliphatic carbocycles. The lowest BCUT2D eigenvalue weighted by molar-refractivity contribution is 0.795. The summed E-state index contributed by atoms with van der Waals surface area (Å²) in [6.07, 6.45) is 3.89. The molecule has 2 aromatic rings. The highest BCUT2D eigenvalue weighted by Crippen LogP contribution is 2.08. The van der Waals surface area contributed by atoms with Gasteiger partial charge in [0.25, 0.3) is 0 Å². The van der Waals surface area contributed by atoms with E-state index < -0.39 is 0 Å². The second-order valence-electron chi connectivity index (χ2n) is 5.07. The van der Waals surface area contributed by atoms with E-state index in [-0.39, 0.29) is 24.0 Å². The molecule has 0 radical (unpaired) electrons. The molecular weight excluding hydrogens is 419 g/mol. The molecular formula is C17H25IN4S. The lowest BCUT2D eigenvalue weighted by atomic mass is 10.2. The Kier molecular flexibility index (Phi) is 9.86. The molecule has 0 saturated carbocycles. The molecule has 2 N–H and O–H groups in total. The van der Waals surface area contributed by atoms with Crippen LogP contribution < -0.4 is 10.6 Å². The van der Waals surface area contributed by atoms with Gasteiger partial charge in [0.15, 0.2) is 5.96 Å². The molecule has 0 aromatic carbocycles. The van der Waals surface area contributed by atoms with E-state index in [0.717, 1.165) is 44.1 Å². The molecule has 0 saturated heterocycles. The largest absolute Gasteiger partial charge is 0.357 e. The number of guanidine groups is 1. The number of hydrogen-bond donors (Lipinski definition) is 2. The normalized spacial score (nSPS) is 11.0. The minimum absolute atomic E-state index is 0. The number of aliphatic imine (C=N–C) groups is 1. The van der Waals surface area contributed by atoms with Gasteiger partial charge in [-0.2, -0.15) is 0 Å². The summed E-state index contributed by atoms with van der Waals surface area (Å²) in [6.45, 7) is 6.63. The third-order valence-electron chi connectivity index (χ3n) is 3.23. The van der Waals surface area contributed by atoms with Crippen molar-refractivity contribution < 1.29 is 0 Å². The van der Waals surface area contributed by atoms with Gasteiger partial charge in [0.2, 0.25) is 0 Å². The Balaban J connectivity index is 0.00000264. The zero-order chi connectivity index (χ0) is 15.6. The summed E-state index contributed by atoms with van der Waals surface area (Å²) in [7, 11) is 0. The first-order chi connectivity index (χ1) is 10.8. The monoisotopic (exact) mass is 444 g/mol. The standard InChI is InChI=1S/C17H24N4S.HI/c1-3-18-17(20-11-9-16-5-4-12-22-16)19-10-8-15-7-6-14(2)21-13-15;/h4-7,12-13H,3,8-11H2,1-2H3,(H2,18,19,20);1H. The molecule has 2 aromatic heterocycles. The van der Waals surface area contributed by atoms with Crippen LogP contribution in [0.15, 0.2) is 40.8 Å². The molecule has 2 heterocycles. The van der Waals surface area contributed by atoms with E-state index in [1.54, 1.807) is 11.3 Å². The van der Waals surface area contributed by atoms with Crippen molar-refractivity contribution in [1.29, 1.82) is 0 Å². The van der Waals surface area contributed by atoms with E-state index >= 15 is 0 Å². The van der Waals surface area contributed by atoms with E-state index in [1.165, 1.54) is 10.4 Å². The maximum Gasteiger partial charge on any atom is 0.191 e. The summed E-state index contributed by atoms with van der Waals surface area (Å²) in [5.74, 6) is 0.888. The van der Waals surface area contributed by atoms with Gasteiger partial charge in [0, 0.05) is 42.8 Å². The predicted octanol–water partition coefficient (Wildman–Crippen LogP) is 3.41. The van der Waals surface area contributed by atoms with E-state index in [1.807, 2.05) is 13.1 Å². The summed E-state index contributed by atoms with van der Waals surface area (Å²) >= 11 is 1.79. The first kappa shape index (κ1) is 19.9. The molecule has 0 aliphatic rings. The fourth-order valence-corrected chi connectivity index (χ4v) is 2.74. The SMILES string of the molecule is CCNC(=NCCc1cccs1)NCCc1ccc(C)nc1.I. The molecule has 2 rings (SSSR count). The Bertz CT molecular complexity index is 567. The number of rotatable bonds is 7. The minimum atomic E-state index is 0. The highest BCUT2D eigenvalue weighted by Gasteiger charge is 1.99. The van der Waals surface area contributed by atoms with Crippen molar-refractivity contribution in [2.75, 3.05) is 19.6 Å². The number of nitrogens with zero attached hydrogens (tertiary/aromatic N) is 2. The second-order valence-corrected chi connectivity index (χ2v) is 6.11. The number of halogens is 1. The van der Waals surface area contributed by atoms with Crippen molar-refractivity contribution in [2.45, 2.75) is 26.7 Å². The maximum absolute atomic E-state index is 4.62. The van der Waals surface area contributed by atoms with Crippen molar-refractivity contribution in [3.63, 3.8) is 0 Å². The Morgan fingerprint density at radius 3 is 2.74 bits per heavy atom. The first-order valence-electron chi connectivity index (χ1n) is 7.74. The second kappa shape index (κ2) is 11.4. The van der Waals surface area contributed by atoms with Gasteiger partial charge in [0.05, 0.1) is 0 Å². The van der Waals surface area contributed by atoms with Crippen LogP contribution in [0.5, 0.6) is 0 Å². The molecule has 6 heteroatoms. The zero-order valence-electron chi connectivity index (χ0n) is 13.7. The van der Waals surface area contributed by atoms with Gasteiger partial charge in [0.1, 0.15) is 0 Å². The first-order valence-corrected chi connectivity index (χ1v) is 8.62. The average Bonchev–Trinajstić information content (AvgIpc) is 3.02. The third-order valence-corrected chi connectivity index (χ3v) is 4.17. The van der Waals surface area contributed by atoms with Crippen molar-refractivity contribution >= 4 is 41.3 Å². The molecule has 23 heavy (non-hydrogen) atoms. The summed E-state index contributed by atoms with van der Waals surface area (Å²) in [5.41, 5.74) is 2.30. The van der Waals surface area contributed by atoms with E-state index in [4.69, 9.17) is 0 Å². The molecule has 0 bridgehead atoms. The van der Waals surface area contributed by atoms with Crippen LogP contribution in [-0.2, 0) is 12.8 Å². The van der Waals surface area contributed by atoms with Crippen molar-refractivity contribution in [1.82, 2.24) is 15.6 Å². The van der Waals surface area contributed by atoms with E-state index in [2.05, 4.69) is 57.2 Å². The lowest BCUT2D eigenvalue weighted by Gasteiger charge is -2.11. The van der Waals surface area contributed by atoms with Crippen LogP contribution in [-0.4, -0.2) is 30.6 Å². The van der Waals surface area contributed by atoms with Crippen LogP contribution >= 0.6 is 35.3 Å². The van der Waals surface area contributed by atoms with Crippen molar-refractivity contribution in [3.05, 3.63) is 52.0 Å². The maximum atomic E-state index is 4.62. The van der Waals surface area contributed by atoms with Crippen LogP contribution in [0.4, 0.5) is 0 Å². The number of thiophene rings is 1. The number of nitrogens with one attached hydrogen (secondary N) is 2. The van der Waals surface area contributed by atoms with E-state index in [9.17, 15) is 0 Å². The molecule has 0 spiro atoms. The molecule has 0 aliphatic heterocycles. The Hall–Kier alpha value is -1.15. The quantitative estimate of drug-likeness (QED) is 0.391. The van der Waals surface area contributed by atoms with Crippen LogP contribution in [0.3, 0.4) is 0 Å². The van der Waals surface area contributed by atoms with Crippen molar-refractivity contribution in [3.8, 4) is 0 Å². The summed E-state index contributed by atoms with van der Waals surface area (Å²) < 4.78 is 0. The zero-order valence-corrected chi connectivity index (χ0v) is 16.9. The molecule has 4 nitrogen and oxygen atoms in total. The average molecular weight is 444 g/mol. The number of hydrogen-bond acceptors (Lipinski definition) is 3. The van der Waals surface area contributed by atoms with Gasteiger partial charge >= 0.3 is 0 Å². The lowest BCUT2D eigenvalue weighted by Crippen LogP contribution is -2.38. The molecule has 0 unspecified atom stereocenters. The minimum Gasteiger partial charge on any atom is -0.357 e. The van der Waals surface area contributed by atoms with Crippen LogP contribution in [0.25, 0.3) is 0 Å². The highest BCUT2D eigenvalue weighted by molar-refractivity contribution is 14.0. The predicted molar refractivity (Wildman–Crippen MR) is 110 cm³/mol. The third kappa shape index (κ3) is 7.78. The van der Waals surface area contributed by atoms with Crippen LogP contribution in [0, 0.1) is 6.92 Å². The molecule has 0 atom stereocenters. The molecule has 0 fully saturated rings. The number of pyridine rings is 1. The van der Waals surface area contributed by atoms with E-state index in [0.29, 0.717) is 0 Å². The topological polar surface area (TPSA) is 49.3 Å². The van der Waals surface area contributed by atoms with Crippen molar-refractivity contribution in [2.24, 2.45) is 4.99 Å². The number of aryl methyl sites for hydroxylation is 1. The van der Waals surface area contributed by atoms with Gasteiger partial charge in [-0.25, -0.2) is 0 Å². The van der Waals surface area contributed by atoms with Gasteiger partial charge < -0.3 is 10.6 Å². The smallest absolute Gasteiger partial charge is 0.191 e. The summed E-state index contributed by atoms with van der Waals surface area (Å²) in [6, 6.07) is 8.42. The summed E-state index contributed by atoms with van der Waals surface area (Å²) in [4.78, 5) is 10.3. The van der Waals surface area contributed by atoms with Gasteiger partial charge in [-0.05, 0) is 43.3 Å². The Morgan fingerprint density at radius 2 is 2.09 bits per heavy atom. The molecule has 0 amide bonds. The number of aromatic nitrogens is 1. The van der Waals surface area contributed by atoms with Gasteiger partial charge in [-0.3, -0.25) is 9.98 Å². The fourth-order valence-electron chi connectivity index (χ4n) is 2.05. The fraction of sp³-hybridized carbons (Fsp3) is 0.412.